The number of ketones is 1. The molecule has 1 aromatic carbocycles. The molecular weight excluding hydrogens is 242 g/mol. The van der Waals surface area contributed by atoms with E-state index in [1.807, 2.05) is 18.2 Å². The van der Waals surface area contributed by atoms with Gasteiger partial charge in [0.05, 0.1) is 17.4 Å². The molecule has 19 heavy (non-hydrogen) atoms. The monoisotopic (exact) mass is 259 g/mol. The lowest BCUT2D eigenvalue weighted by Crippen LogP contribution is -2.25. The van der Waals surface area contributed by atoms with Gasteiger partial charge in [-0.25, -0.2) is 4.98 Å². The van der Waals surface area contributed by atoms with Gasteiger partial charge in [-0.2, -0.15) is 0 Å². The van der Waals surface area contributed by atoms with Crippen molar-refractivity contribution in [3.63, 3.8) is 0 Å². The zero-order valence-electron chi connectivity index (χ0n) is 10.9. The lowest BCUT2D eigenvalue weighted by molar-refractivity contribution is -0.124. The van der Waals surface area contributed by atoms with Gasteiger partial charge in [-0.1, -0.05) is 6.07 Å². The number of carbonyl (C=O) groups is 2. The minimum absolute atomic E-state index is 0.0415. The maximum Gasteiger partial charge on any atom is 0.220 e. The maximum absolute atomic E-state index is 11.4. The van der Waals surface area contributed by atoms with Crippen LogP contribution < -0.4 is 5.32 Å². The van der Waals surface area contributed by atoms with E-state index in [-0.39, 0.29) is 18.1 Å². The summed E-state index contributed by atoms with van der Waals surface area (Å²) in [6.07, 6.45) is 3.01. The van der Waals surface area contributed by atoms with Crippen LogP contribution in [0.15, 0.2) is 24.5 Å². The lowest BCUT2D eigenvalue weighted by atomic mass is 10.1. The zero-order chi connectivity index (χ0) is 13.7. The standard InChI is InChI=1S/C14H17N3O2/c1-10(18)2-5-14(19)15-7-6-11-3-4-12-13(8-11)17-9-16-12/h3-4,8-9H,2,5-7H2,1H3,(H,15,19)(H,16,17). The van der Waals surface area contributed by atoms with Gasteiger partial charge in [0.2, 0.25) is 5.91 Å². The molecule has 2 rings (SSSR count). The number of amides is 1. The van der Waals surface area contributed by atoms with Crippen LogP contribution in [-0.2, 0) is 16.0 Å². The second-order valence-corrected chi connectivity index (χ2v) is 4.56. The highest BCUT2D eigenvalue weighted by molar-refractivity contribution is 5.83. The van der Waals surface area contributed by atoms with E-state index in [4.69, 9.17) is 0 Å². The fourth-order valence-electron chi connectivity index (χ4n) is 1.86. The minimum Gasteiger partial charge on any atom is -0.356 e. The molecule has 0 aliphatic rings. The Hall–Kier alpha value is -2.17. The van der Waals surface area contributed by atoms with Crippen molar-refractivity contribution in [3.8, 4) is 0 Å². The maximum atomic E-state index is 11.4. The highest BCUT2D eigenvalue weighted by Gasteiger charge is 2.03. The van der Waals surface area contributed by atoms with Crippen LogP contribution in [0.4, 0.5) is 0 Å². The number of aromatic nitrogens is 2. The van der Waals surface area contributed by atoms with E-state index in [0.717, 1.165) is 23.0 Å². The molecule has 0 atom stereocenters. The van der Waals surface area contributed by atoms with Crippen molar-refractivity contribution in [2.75, 3.05) is 6.54 Å². The Morgan fingerprint density at radius 2 is 2.16 bits per heavy atom. The van der Waals surface area contributed by atoms with Crippen molar-refractivity contribution >= 4 is 22.7 Å². The molecule has 0 bridgehead atoms. The summed E-state index contributed by atoms with van der Waals surface area (Å²) < 4.78 is 0. The average molecular weight is 259 g/mol. The van der Waals surface area contributed by atoms with Gasteiger partial charge in [0.25, 0.3) is 0 Å². The van der Waals surface area contributed by atoms with Crippen LogP contribution in [0.25, 0.3) is 11.0 Å². The van der Waals surface area contributed by atoms with Gasteiger partial charge in [-0.15, -0.1) is 0 Å². The predicted molar refractivity (Wildman–Crippen MR) is 72.7 cm³/mol. The second-order valence-electron chi connectivity index (χ2n) is 4.56. The first-order valence-corrected chi connectivity index (χ1v) is 6.33. The first-order valence-electron chi connectivity index (χ1n) is 6.33. The summed E-state index contributed by atoms with van der Waals surface area (Å²) in [6, 6.07) is 5.99. The average Bonchev–Trinajstić information content (AvgIpc) is 2.83. The molecule has 100 valence electrons. The summed E-state index contributed by atoms with van der Waals surface area (Å²) in [7, 11) is 0. The molecule has 0 radical (unpaired) electrons. The normalized spacial score (nSPS) is 10.6. The Balaban J connectivity index is 1.78. The largest absolute Gasteiger partial charge is 0.356 e. The molecule has 5 nitrogen and oxygen atoms in total. The number of fused-ring (bicyclic) bond motifs is 1. The smallest absolute Gasteiger partial charge is 0.220 e. The molecule has 0 aliphatic carbocycles. The van der Waals surface area contributed by atoms with Gasteiger partial charge in [0.1, 0.15) is 5.78 Å². The van der Waals surface area contributed by atoms with Gasteiger partial charge in [0, 0.05) is 19.4 Å². The number of H-pyrrole nitrogens is 1. The van der Waals surface area contributed by atoms with Crippen LogP contribution in [0.1, 0.15) is 25.3 Å². The zero-order valence-corrected chi connectivity index (χ0v) is 10.9. The summed E-state index contributed by atoms with van der Waals surface area (Å²) in [4.78, 5) is 29.4. The van der Waals surface area contributed by atoms with Gasteiger partial charge in [0.15, 0.2) is 0 Å². The van der Waals surface area contributed by atoms with Crippen LogP contribution in [0.5, 0.6) is 0 Å². The molecule has 1 aromatic heterocycles. The Morgan fingerprint density at radius 1 is 1.32 bits per heavy atom. The molecular formula is C14H17N3O2. The number of aromatic amines is 1. The molecule has 0 fully saturated rings. The number of imidazole rings is 1. The molecule has 1 heterocycles. The molecule has 0 aliphatic heterocycles. The summed E-state index contributed by atoms with van der Waals surface area (Å²) in [5.74, 6) is -0.0299. The molecule has 0 unspecified atom stereocenters. The summed E-state index contributed by atoms with van der Waals surface area (Å²) in [6.45, 7) is 2.07. The number of hydrogen-bond donors (Lipinski definition) is 2. The predicted octanol–water partition coefficient (Wildman–Crippen LogP) is 1.59. The van der Waals surface area contributed by atoms with E-state index in [1.165, 1.54) is 6.92 Å². The van der Waals surface area contributed by atoms with Crippen LogP contribution in [0.3, 0.4) is 0 Å². The number of benzene rings is 1. The Morgan fingerprint density at radius 3 is 2.95 bits per heavy atom. The first-order chi connectivity index (χ1) is 9.15. The van der Waals surface area contributed by atoms with E-state index in [0.29, 0.717) is 13.0 Å². The van der Waals surface area contributed by atoms with Crippen LogP contribution in [0, 0.1) is 0 Å². The van der Waals surface area contributed by atoms with E-state index < -0.39 is 0 Å². The topological polar surface area (TPSA) is 74.8 Å². The first kappa shape index (κ1) is 13.3. The fourth-order valence-corrected chi connectivity index (χ4v) is 1.86. The third kappa shape index (κ3) is 3.91. The number of rotatable bonds is 6. The van der Waals surface area contributed by atoms with E-state index in [1.54, 1.807) is 6.33 Å². The third-order valence-corrected chi connectivity index (χ3v) is 2.92. The Labute approximate surface area is 111 Å². The Kier molecular flexibility index (Phi) is 4.28. The molecule has 5 heteroatoms. The van der Waals surface area contributed by atoms with Crippen molar-refractivity contribution in [1.82, 2.24) is 15.3 Å². The quantitative estimate of drug-likeness (QED) is 0.827. The van der Waals surface area contributed by atoms with Crippen molar-refractivity contribution in [1.29, 1.82) is 0 Å². The SMILES string of the molecule is CC(=O)CCC(=O)NCCc1ccc2nc[nH]c2c1. The molecule has 0 saturated heterocycles. The van der Waals surface area contributed by atoms with Gasteiger partial charge in [-0.3, -0.25) is 4.79 Å². The second kappa shape index (κ2) is 6.13. The summed E-state index contributed by atoms with van der Waals surface area (Å²) in [5.41, 5.74) is 3.08. The molecule has 0 saturated carbocycles. The highest BCUT2D eigenvalue weighted by atomic mass is 16.2. The molecule has 0 spiro atoms. The van der Waals surface area contributed by atoms with E-state index in [2.05, 4.69) is 15.3 Å². The van der Waals surface area contributed by atoms with Crippen molar-refractivity contribution in [3.05, 3.63) is 30.1 Å². The van der Waals surface area contributed by atoms with Crippen LogP contribution >= 0.6 is 0 Å². The van der Waals surface area contributed by atoms with Crippen molar-refractivity contribution in [2.45, 2.75) is 26.2 Å². The van der Waals surface area contributed by atoms with Crippen LogP contribution in [-0.4, -0.2) is 28.2 Å². The number of carbonyl (C=O) groups excluding carboxylic acids is 2. The number of nitrogens with one attached hydrogen (secondary N) is 2. The third-order valence-electron chi connectivity index (χ3n) is 2.92. The number of nitrogens with zero attached hydrogens (tertiary/aromatic N) is 1. The van der Waals surface area contributed by atoms with Gasteiger partial charge < -0.3 is 15.1 Å². The number of Topliss-reactive ketones (excluding diaryl/α,β-unsaturated/α-hetero) is 1. The molecule has 2 N–H and O–H groups in total. The fraction of sp³-hybridized carbons (Fsp3) is 0.357. The molecule has 2 aromatic rings. The highest BCUT2D eigenvalue weighted by Crippen LogP contribution is 2.11. The van der Waals surface area contributed by atoms with Crippen LogP contribution in [0.2, 0.25) is 0 Å². The summed E-state index contributed by atoms with van der Waals surface area (Å²) >= 11 is 0. The lowest BCUT2D eigenvalue weighted by Gasteiger charge is -2.04. The Bertz CT molecular complexity index is 589. The van der Waals surface area contributed by atoms with Gasteiger partial charge >= 0.3 is 0 Å². The van der Waals surface area contributed by atoms with E-state index >= 15 is 0 Å². The van der Waals surface area contributed by atoms with E-state index in [9.17, 15) is 9.59 Å². The van der Waals surface area contributed by atoms with Crippen molar-refractivity contribution < 1.29 is 9.59 Å². The van der Waals surface area contributed by atoms with Gasteiger partial charge in [-0.05, 0) is 31.0 Å². The van der Waals surface area contributed by atoms with Crippen molar-refractivity contribution in [2.24, 2.45) is 0 Å². The number of hydrogen-bond acceptors (Lipinski definition) is 3. The minimum atomic E-state index is -0.0715. The summed E-state index contributed by atoms with van der Waals surface area (Å²) in [5, 5.41) is 2.81. The molecule has 1 amide bonds.